The fraction of sp³-hybridized carbons (Fsp3) is 0.538. The number of nitrogens with zero attached hydrogens (tertiary/aromatic N) is 1. The summed E-state index contributed by atoms with van der Waals surface area (Å²) in [5.74, 6) is 0.686. The highest BCUT2D eigenvalue weighted by molar-refractivity contribution is 8.02. The van der Waals surface area contributed by atoms with Crippen molar-refractivity contribution in [1.82, 2.24) is 4.90 Å². The van der Waals surface area contributed by atoms with E-state index in [0.29, 0.717) is 28.7 Å². The summed E-state index contributed by atoms with van der Waals surface area (Å²) in [4.78, 5) is 15.6. The van der Waals surface area contributed by atoms with Crippen LogP contribution in [-0.4, -0.2) is 47.0 Å². The third-order valence-corrected chi connectivity index (χ3v) is 6.55. The monoisotopic (exact) mass is 330 g/mol. The number of thiophene rings is 1. The maximum absolute atomic E-state index is 12.5. The molecule has 0 aromatic carbocycles. The predicted molar refractivity (Wildman–Crippen MR) is 89.0 cm³/mol. The van der Waals surface area contributed by atoms with Gasteiger partial charge in [0.25, 0.3) is 5.91 Å². The van der Waals surface area contributed by atoms with Crippen LogP contribution >= 0.6 is 35.3 Å². The fourth-order valence-electron chi connectivity index (χ4n) is 2.38. The number of hydrogen-bond acceptors (Lipinski definition) is 5. The zero-order chi connectivity index (χ0) is 14.8. The quantitative estimate of drug-likeness (QED) is 0.859. The number of carbonyl (C=O) groups excluding carboxylic acids is 1. The summed E-state index contributed by atoms with van der Waals surface area (Å²) in [5.41, 5.74) is 5.86. The van der Waals surface area contributed by atoms with Crippen LogP contribution in [0.4, 0.5) is 0 Å². The molecule has 20 heavy (non-hydrogen) atoms. The molecule has 0 atom stereocenters. The summed E-state index contributed by atoms with van der Waals surface area (Å²) in [5, 5.41) is 1.87. The van der Waals surface area contributed by atoms with Crippen molar-refractivity contribution >= 4 is 46.2 Å². The summed E-state index contributed by atoms with van der Waals surface area (Å²) in [7, 11) is 1.58. The zero-order valence-corrected chi connectivity index (χ0v) is 14.0. The highest BCUT2D eigenvalue weighted by Gasteiger charge is 2.38. The van der Waals surface area contributed by atoms with E-state index in [1.807, 2.05) is 22.6 Å². The molecule has 110 valence electrons. The lowest BCUT2D eigenvalue weighted by atomic mass is 9.95. The van der Waals surface area contributed by atoms with E-state index in [1.165, 1.54) is 11.3 Å². The number of carbonyl (C=O) groups is 1. The SMILES string of the molecule is COc1ccsc1C(=O)N1CCC(SC)(C(N)=S)CC1. The van der Waals surface area contributed by atoms with Crippen molar-refractivity contribution in [3.8, 4) is 5.75 Å². The Morgan fingerprint density at radius 1 is 1.55 bits per heavy atom. The first kappa shape index (κ1) is 15.6. The van der Waals surface area contributed by atoms with Crippen LogP contribution in [0.2, 0.25) is 0 Å². The molecular weight excluding hydrogens is 312 g/mol. The molecule has 0 radical (unpaired) electrons. The number of thioether (sulfide) groups is 1. The van der Waals surface area contributed by atoms with Crippen LogP contribution in [0.25, 0.3) is 0 Å². The lowest BCUT2D eigenvalue weighted by Gasteiger charge is -2.39. The molecule has 1 aliphatic heterocycles. The maximum atomic E-state index is 12.5. The van der Waals surface area contributed by atoms with Crippen LogP contribution in [-0.2, 0) is 0 Å². The van der Waals surface area contributed by atoms with Crippen molar-refractivity contribution in [2.75, 3.05) is 26.5 Å². The van der Waals surface area contributed by atoms with E-state index >= 15 is 0 Å². The molecule has 0 spiro atoms. The molecule has 4 nitrogen and oxygen atoms in total. The number of ether oxygens (including phenoxy) is 1. The number of rotatable bonds is 4. The van der Waals surface area contributed by atoms with Crippen LogP contribution in [0.3, 0.4) is 0 Å². The third kappa shape index (κ3) is 2.80. The number of piperidine rings is 1. The minimum absolute atomic E-state index is 0.0366. The molecule has 0 aliphatic carbocycles. The lowest BCUT2D eigenvalue weighted by Crippen LogP contribution is -2.50. The summed E-state index contributed by atoms with van der Waals surface area (Å²) in [6, 6.07) is 1.82. The molecule has 1 fully saturated rings. The molecule has 1 aliphatic rings. The van der Waals surface area contributed by atoms with Crippen LogP contribution < -0.4 is 10.5 Å². The lowest BCUT2D eigenvalue weighted by molar-refractivity contribution is 0.0721. The molecule has 1 saturated heterocycles. The van der Waals surface area contributed by atoms with Crippen molar-refractivity contribution in [2.45, 2.75) is 17.6 Å². The Hall–Kier alpha value is -0.790. The van der Waals surface area contributed by atoms with E-state index in [9.17, 15) is 4.79 Å². The molecule has 2 N–H and O–H groups in total. The van der Waals surface area contributed by atoms with E-state index in [-0.39, 0.29) is 10.7 Å². The van der Waals surface area contributed by atoms with Gasteiger partial charge >= 0.3 is 0 Å². The summed E-state index contributed by atoms with van der Waals surface area (Å²) >= 11 is 8.30. The van der Waals surface area contributed by atoms with Gasteiger partial charge in [0.2, 0.25) is 0 Å². The topological polar surface area (TPSA) is 55.6 Å². The summed E-state index contributed by atoms with van der Waals surface area (Å²) in [6.45, 7) is 1.36. The Bertz CT molecular complexity index is 507. The van der Waals surface area contributed by atoms with Gasteiger partial charge in [-0.05, 0) is 30.5 Å². The van der Waals surface area contributed by atoms with Crippen molar-refractivity contribution in [3.05, 3.63) is 16.3 Å². The Morgan fingerprint density at radius 2 is 2.20 bits per heavy atom. The molecule has 0 saturated carbocycles. The fourth-order valence-corrected chi connectivity index (χ4v) is 4.45. The Balaban J connectivity index is 2.07. The molecule has 1 amide bonds. The Morgan fingerprint density at radius 3 is 2.70 bits per heavy atom. The van der Waals surface area contributed by atoms with E-state index < -0.39 is 0 Å². The van der Waals surface area contributed by atoms with Crippen molar-refractivity contribution < 1.29 is 9.53 Å². The van der Waals surface area contributed by atoms with Gasteiger partial charge in [0, 0.05) is 13.1 Å². The van der Waals surface area contributed by atoms with Crippen molar-refractivity contribution in [2.24, 2.45) is 5.73 Å². The first-order valence-electron chi connectivity index (χ1n) is 6.30. The maximum Gasteiger partial charge on any atom is 0.267 e. The predicted octanol–water partition coefficient (Wildman–Crippen LogP) is 2.38. The van der Waals surface area contributed by atoms with Crippen molar-refractivity contribution in [3.63, 3.8) is 0 Å². The zero-order valence-electron chi connectivity index (χ0n) is 11.5. The van der Waals surface area contributed by atoms with E-state index in [4.69, 9.17) is 22.7 Å². The van der Waals surface area contributed by atoms with Crippen molar-refractivity contribution in [1.29, 1.82) is 0 Å². The second kappa shape index (κ2) is 6.32. The van der Waals surface area contributed by atoms with Gasteiger partial charge in [0.1, 0.15) is 10.6 Å². The number of hydrogen-bond donors (Lipinski definition) is 1. The highest BCUT2D eigenvalue weighted by atomic mass is 32.2. The number of likely N-dealkylation sites (tertiary alicyclic amines) is 1. The minimum Gasteiger partial charge on any atom is -0.495 e. The van der Waals surface area contributed by atoms with E-state index in [2.05, 4.69) is 0 Å². The standard InChI is InChI=1S/C13H18N2O2S3/c1-17-9-3-8-20-10(9)11(16)15-6-4-13(19-2,5-7-15)12(14)18/h3,8H,4-7H2,1-2H3,(H2,14,18). The molecule has 0 bridgehead atoms. The average molecular weight is 331 g/mol. The summed E-state index contributed by atoms with van der Waals surface area (Å²) < 4.78 is 5.05. The largest absolute Gasteiger partial charge is 0.495 e. The van der Waals surface area contributed by atoms with Gasteiger partial charge in [-0.25, -0.2) is 0 Å². The Kier molecular flexibility index (Phi) is 4.93. The van der Waals surface area contributed by atoms with Gasteiger partial charge in [-0.1, -0.05) is 12.2 Å². The van der Waals surface area contributed by atoms with Gasteiger partial charge < -0.3 is 15.4 Å². The van der Waals surface area contributed by atoms with Gasteiger partial charge in [-0.3, -0.25) is 4.79 Å². The molecule has 7 heteroatoms. The summed E-state index contributed by atoms with van der Waals surface area (Å²) in [6.07, 6.45) is 3.64. The average Bonchev–Trinajstić information content (AvgIpc) is 2.94. The minimum atomic E-state index is -0.161. The number of nitrogens with two attached hydrogens (primary N) is 1. The van der Waals surface area contributed by atoms with E-state index in [1.54, 1.807) is 18.9 Å². The molecule has 2 rings (SSSR count). The van der Waals surface area contributed by atoms with Crippen LogP contribution in [0.15, 0.2) is 11.4 Å². The first-order chi connectivity index (χ1) is 9.54. The Labute approximate surface area is 132 Å². The molecule has 2 heterocycles. The molecular formula is C13H18N2O2S3. The van der Waals surface area contributed by atoms with Crippen LogP contribution in [0, 0.1) is 0 Å². The number of methoxy groups -OCH3 is 1. The van der Waals surface area contributed by atoms with Gasteiger partial charge in [0.15, 0.2) is 0 Å². The smallest absolute Gasteiger partial charge is 0.267 e. The van der Waals surface area contributed by atoms with Crippen LogP contribution in [0.1, 0.15) is 22.5 Å². The van der Waals surface area contributed by atoms with Gasteiger partial charge in [0.05, 0.1) is 16.8 Å². The normalized spacial score (nSPS) is 17.8. The molecule has 0 unspecified atom stereocenters. The number of amides is 1. The second-order valence-electron chi connectivity index (χ2n) is 4.67. The second-order valence-corrected chi connectivity index (χ2v) is 7.22. The van der Waals surface area contributed by atoms with Gasteiger partial charge in [-0.15, -0.1) is 11.3 Å². The highest BCUT2D eigenvalue weighted by Crippen LogP contribution is 2.36. The molecule has 1 aromatic heterocycles. The van der Waals surface area contributed by atoms with Gasteiger partial charge in [-0.2, -0.15) is 11.8 Å². The molecule has 1 aromatic rings. The van der Waals surface area contributed by atoms with E-state index in [0.717, 1.165) is 12.8 Å². The van der Waals surface area contributed by atoms with Crippen LogP contribution in [0.5, 0.6) is 5.75 Å². The number of thiocarbonyl (C=S) groups is 1. The first-order valence-corrected chi connectivity index (χ1v) is 8.81. The third-order valence-electron chi connectivity index (χ3n) is 3.74.